The Morgan fingerprint density at radius 1 is 1.10 bits per heavy atom. The Bertz CT molecular complexity index is 705. The zero-order valence-electron chi connectivity index (χ0n) is 17.4. The zero-order valence-corrected chi connectivity index (χ0v) is 18.1. The van der Waals surface area contributed by atoms with Gasteiger partial charge in [0.1, 0.15) is 17.7 Å². The molecule has 6 heteroatoms. The van der Waals surface area contributed by atoms with Crippen LogP contribution >= 0.6 is 11.6 Å². The van der Waals surface area contributed by atoms with E-state index < -0.39 is 6.04 Å². The molecule has 29 heavy (non-hydrogen) atoms. The second-order valence-electron chi connectivity index (χ2n) is 8.71. The topological polar surface area (TPSA) is 49.4 Å². The van der Waals surface area contributed by atoms with Crippen molar-refractivity contribution in [2.75, 3.05) is 5.88 Å². The molecule has 0 aromatic heterocycles. The molecule has 2 saturated carbocycles. The Labute approximate surface area is 178 Å². The molecule has 1 aromatic carbocycles. The van der Waals surface area contributed by atoms with E-state index in [2.05, 4.69) is 19.2 Å². The van der Waals surface area contributed by atoms with Crippen molar-refractivity contribution in [3.63, 3.8) is 0 Å². The summed E-state index contributed by atoms with van der Waals surface area (Å²) in [5.41, 5.74) is 0.630. The summed E-state index contributed by atoms with van der Waals surface area (Å²) in [7, 11) is 0. The third-order valence-corrected chi connectivity index (χ3v) is 7.10. The molecule has 0 heterocycles. The van der Waals surface area contributed by atoms with E-state index in [1.165, 1.54) is 18.6 Å². The van der Waals surface area contributed by atoms with Gasteiger partial charge in [-0.05, 0) is 48.8 Å². The van der Waals surface area contributed by atoms with Crippen LogP contribution in [0.25, 0.3) is 0 Å². The SMILES string of the molecule is CC1CCCC(NC(=O)C(c2ccc(F)cc2)N(C(=O)CCl)C2CCCC2)C1C. The van der Waals surface area contributed by atoms with Crippen molar-refractivity contribution in [1.29, 1.82) is 0 Å². The van der Waals surface area contributed by atoms with E-state index in [1.807, 2.05) is 0 Å². The molecule has 0 spiro atoms. The molecule has 0 radical (unpaired) electrons. The Morgan fingerprint density at radius 3 is 2.38 bits per heavy atom. The molecule has 4 unspecified atom stereocenters. The Kier molecular flexibility index (Phi) is 7.55. The largest absolute Gasteiger partial charge is 0.351 e. The molecule has 4 atom stereocenters. The average Bonchev–Trinajstić information content (AvgIpc) is 3.24. The van der Waals surface area contributed by atoms with Crippen molar-refractivity contribution in [2.24, 2.45) is 11.8 Å². The Hall–Kier alpha value is -1.62. The molecule has 0 aliphatic heterocycles. The fourth-order valence-corrected chi connectivity index (χ4v) is 5.08. The Balaban J connectivity index is 1.91. The molecule has 160 valence electrons. The van der Waals surface area contributed by atoms with Crippen LogP contribution in [-0.2, 0) is 9.59 Å². The molecule has 1 aromatic rings. The summed E-state index contributed by atoms with van der Waals surface area (Å²) in [5.74, 6) is -0.0306. The van der Waals surface area contributed by atoms with Gasteiger partial charge < -0.3 is 10.2 Å². The molecule has 2 fully saturated rings. The molecule has 0 bridgehead atoms. The van der Waals surface area contributed by atoms with Gasteiger partial charge in [0.15, 0.2) is 0 Å². The lowest BCUT2D eigenvalue weighted by Crippen LogP contribution is -2.52. The van der Waals surface area contributed by atoms with E-state index in [-0.39, 0.29) is 35.6 Å². The summed E-state index contributed by atoms with van der Waals surface area (Å²) in [4.78, 5) is 28.0. The third kappa shape index (κ3) is 5.11. The number of carbonyl (C=O) groups excluding carboxylic acids is 2. The molecule has 2 amide bonds. The second kappa shape index (κ2) is 9.92. The van der Waals surface area contributed by atoms with Gasteiger partial charge in [0.2, 0.25) is 11.8 Å². The number of alkyl halides is 1. The van der Waals surface area contributed by atoms with Crippen LogP contribution in [0.4, 0.5) is 4.39 Å². The predicted molar refractivity (Wildman–Crippen MR) is 113 cm³/mol. The van der Waals surface area contributed by atoms with Gasteiger partial charge in [0, 0.05) is 12.1 Å². The first kappa shape index (κ1) is 22.1. The molecule has 0 saturated heterocycles. The maximum atomic E-state index is 13.5. The number of hydrogen-bond donors (Lipinski definition) is 1. The smallest absolute Gasteiger partial charge is 0.247 e. The van der Waals surface area contributed by atoms with Gasteiger partial charge >= 0.3 is 0 Å². The number of hydrogen-bond acceptors (Lipinski definition) is 2. The molecule has 2 aliphatic rings. The van der Waals surface area contributed by atoms with Gasteiger partial charge in [-0.1, -0.05) is 51.7 Å². The van der Waals surface area contributed by atoms with Crippen LogP contribution in [-0.4, -0.2) is 34.7 Å². The van der Waals surface area contributed by atoms with E-state index >= 15 is 0 Å². The van der Waals surface area contributed by atoms with Crippen molar-refractivity contribution < 1.29 is 14.0 Å². The number of benzene rings is 1. The van der Waals surface area contributed by atoms with E-state index in [9.17, 15) is 14.0 Å². The minimum Gasteiger partial charge on any atom is -0.351 e. The predicted octanol–water partition coefficient (Wildman–Crippen LogP) is 4.82. The highest BCUT2D eigenvalue weighted by Crippen LogP contribution is 2.34. The van der Waals surface area contributed by atoms with Gasteiger partial charge in [-0.25, -0.2) is 4.39 Å². The summed E-state index contributed by atoms with van der Waals surface area (Å²) in [5, 5.41) is 3.23. The molecule has 3 rings (SSSR count). The summed E-state index contributed by atoms with van der Waals surface area (Å²) in [6.07, 6.45) is 7.00. The number of amides is 2. The number of nitrogens with zero attached hydrogens (tertiary/aromatic N) is 1. The summed E-state index contributed by atoms with van der Waals surface area (Å²) < 4.78 is 13.5. The first-order chi connectivity index (χ1) is 13.9. The fourth-order valence-electron chi connectivity index (χ4n) is 4.94. The van der Waals surface area contributed by atoms with Gasteiger partial charge in [-0.3, -0.25) is 9.59 Å². The van der Waals surface area contributed by atoms with Crippen LogP contribution in [0.2, 0.25) is 0 Å². The standard InChI is InChI=1S/C23H32ClFN2O2/c1-15-6-5-9-20(16(15)2)26-23(29)22(17-10-12-18(25)13-11-17)27(21(28)14-24)19-7-3-4-8-19/h10-13,15-16,19-20,22H,3-9,14H2,1-2H3,(H,26,29). The van der Waals surface area contributed by atoms with E-state index in [0.717, 1.165) is 38.5 Å². The Morgan fingerprint density at radius 2 is 1.76 bits per heavy atom. The lowest BCUT2D eigenvalue weighted by Gasteiger charge is -2.39. The maximum Gasteiger partial charge on any atom is 0.247 e. The van der Waals surface area contributed by atoms with Gasteiger partial charge in [-0.15, -0.1) is 11.6 Å². The number of nitrogens with one attached hydrogen (secondary N) is 1. The highest BCUT2D eigenvalue weighted by atomic mass is 35.5. The molecule has 1 N–H and O–H groups in total. The quantitative estimate of drug-likeness (QED) is 0.668. The highest BCUT2D eigenvalue weighted by molar-refractivity contribution is 6.27. The zero-order chi connectivity index (χ0) is 21.0. The lowest BCUT2D eigenvalue weighted by atomic mass is 9.78. The van der Waals surface area contributed by atoms with Crippen molar-refractivity contribution in [3.05, 3.63) is 35.6 Å². The van der Waals surface area contributed by atoms with Crippen LogP contribution in [0.5, 0.6) is 0 Å². The third-order valence-electron chi connectivity index (χ3n) is 6.87. The second-order valence-corrected chi connectivity index (χ2v) is 8.98. The van der Waals surface area contributed by atoms with Gasteiger partial charge in [-0.2, -0.15) is 0 Å². The summed E-state index contributed by atoms with van der Waals surface area (Å²) >= 11 is 5.94. The van der Waals surface area contributed by atoms with E-state index in [0.29, 0.717) is 17.4 Å². The van der Waals surface area contributed by atoms with E-state index in [1.54, 1.807) is 17.0 Å². The van der Waals surface area contributed by atoms with Crippen LogP contribution in [0.15, 0.2) is 24.3 Å². The maximum absolute atomic E-state index is 13.5. The molecular formula is C23H32ClFN2O2. The normalized spacial score (nSPS) is 26.1. The minimum absolute atomic E-state index is 0.00949. The first-order valence-corrected chi connectivity index (χ1v) is 11.4. The number of carbonyl (C=O) groups is 2. The van der Waals surface area contributed by atoms with Crippen molar-refractivity contribution in [3.8, 4) is 0 Å². The minimum atomic E-state index is -0.783. The van der Waals surface area contributed by atoms with Crippen LogP contribution in [0.1, 0.15) is 70.4 Å². The van der Waals surface area contributed by atoms with Crippen molar-refractivity contribution >= 4 is 23.4 Å². The molecule has 4 nitrogen and oxygen atoms in total. The number of rotatable bonds is 6. The molecule has 2 aliphatic carbocycles. The number of halogens is 2. The highest BCUT2D eigenvalue weighted by Gasteiger charge is 2.39. The van der Waals surface area contributed by atoms with Crippen LogP contribution in [0.3, 0.4) is 0 Å². The van der Waals surface area contributed by atoms with Crippen LogP contribution in [0, 0.1) is 17.7 Å². The lowest BCUT2D eigenvalue weighted by molar-refractivity contribution is -0.142. The monoisotopic (exact) mass is 422 g/mol. The van der Waals surface area contributed by atoms with E-state index in [4.69, 9.17) is 11.6 Å². The van der Waals surface area contributed by atoms with Crippen molar-refractivity contribution in [2.45, 2.75) is 76.9 Å². The van der Waals surface area contributed by atoms with Gasteiger partial charge in [0.05, 0.1) is 0 Å². The van der Waals surface area contributed by atoms with Crippen molar-refractivity contribution in [1.82, 2.24) is 10.2 Å². The first-order valence-electron chi connectivity index (χ1n) is 10.8. The van der Waals surface area contributed by atoms with Crippen LogP contribution < -0.4 is 5.32 Å². The molecular weight excluding hydrogens is 391 g/mol. The summed E-state index contributed by atoms with van der Waals surface area (Å²) in [6.45, 7) is 4.41. The summed E-state index contributed by atoms with van der Waals surface area (Å²) in [6, 6.07) is 5.20. The van der Waals surface area contributed by atoms with Gasteiger partial charge in [0.25, 0.3) is 0 Å². The average molecular weight is 423 g/mol. The fraction of sp³-hybridized carbons (Fsp3) is 0.652.